The van der Waals surface area contributed by atoms with Crippen molar-refractivity contribution in [2.45, 2.75) is 26.7 Å². The van der Waals surface area contributed by atoms with E-state index in [1.165, 1.54) is 0 Å². The summed E-state index contributed by atoms with van der Waals surface area (Å²) < 4.78 is 0. The molecule has 0 fully saturated rings. The third-order valence-corrected chi connectivity index (χ3v) is 4.20. The molecule has 0 aliphatic rings. The Balaban J connectivity index is 1.77. The van der Waals surface area contributed by atoms with Crippen molar-refractivity contribution in [3.05, 3.63) is 70.8 Å². The number of allylic oxidation sites excluding steroid dienone is 1. The first-order valence-corrected chi connectivity index (χ1v) is 8.94. The molecule has 0 bridgehead atoms. The van der Waals surface area contributed by atoms with Crippen molar-refractivity contribution in [2.75, 3.05) is 5.32 Å². The van der Waals surface area contributed by atoms with Crippen LogP contribution in [0, 0.1) is 6.92 Å². The van der Waals surface area contributed by atoms with E-state index in [-0.39, 0.29) is 24.7 Å². The lowest BCUT2D eigenvalue weighted by Gasteiger charge is -2.09. The number of anilines is 1. The van der Waals surface area contributed by atoms with Gasteiger partial charge in [0.2, 0.25) is 11.8 Å². The first-order chi connectivity index (χ1) is 13.0. The molecule has 6 heteroatoms. The molecule has 140 valence electrons. The third-order valence-electron chi connectivity index (χ3n) is 3.79. The lowest BCUT2D eigenvalue weighted by Crippen LogP contribution is -2.21. The maximum atomic E-state index is 12.0. The number of benzene rings is 2. The number of halogens is 1. The smallest absolute Gasteiger partial charge is 0.240 e. The van der Waals surface area contributed by atoms with Gasteiger partial charge in [-0.1, -0.05) is 54.1 Å². The second kappa shape index (κ2) is 10.3. The Morgan fingerprint density at radius 2 is 1.74 bits per heavy atom. The van der Waals surface area contributed by atoms with Crippen molar-refractivity contribution < 1.29 is 9.59 Å². The highest BCUT2D eigenvalue weighted by Crippen LogP contribution is 2.23. The largest absolute Gasteiger partial charge is 0.326 e. The zero-order chi connectivity index (χ0) is 19.6. The quantitative estimate of drug-likeness (QED) is 0.543. The van der Waals surface area contributed by atoms with E-state index in [0.717, 1.165) is 11.1 Å². The van der Waals surface area contributed by atoms with Gasteiger partial charge in [-0.2, -0.15) is 5.10 Å². The van der Waals surface area contributed by atoms with Crippen LogP contribution in [0.5, 0.6) is 0 Å². The lowest BCUT2D eigenvalue weighted by atomic mass is 10.2. The number of rotatable bonds is 7. The van der Waals surface area contributed by atoms with Gasteiger partial charge in [0.15, 0.2) is 0 Å². The summed E-state index contributed by atoms with van der Waals surface area (Å²) in [5, 5.41) is 7.35. The molecule has 2 rings (SSSR count). The molecular formula is C21H22ClN3O2. The molecule has 0 spiro atoms. The van der Waals surface area contributed by atoms with Gasteiger partial charge in [0.25, 0.3) is 0 Å². The van der Waals surface area contributed by atoms with E-state index < -0.39 is 0 Å². The molecular weight excluding hydrogens is 362 g/mol. The zero-order valence-electron chi connectivity index (χ0n) is 15.3. The minimum Gasteiger partial charge on any atom is -0.326 e. The third kappa shape index (κ3) is 7.07. The van der Waals surface area contributed by atoms with Crippen molar-refractivity contribution in [2.24, 2.45) is 5.10 Å². The summed E-state index contributed by atoms with van der Waals surface area (Å²) in [5.41, 5.74) is 5.60. The lowest BCUT2D eigenvalue weighted by molar-refractivity contribution is -0.124. The summed E-state index contributed by atoms with van der Waals surface area (Å²) in [4.78, 5) is 23.9. The Kier molecular flexibility index (Phi) is 7.77. The van der Waals surface area contributed by atoms with E-state index in [1.807, 2.05) is 49.4 Å². The van der Waals surface area contributed by atoms with Crippen LogP contribution in [0.3, 0.4) is 0 Å². The molecule has 0 aromatic heterocycles. The van der Waals surface area contributed by atoms with Crippen molar-refractivity contribution in [3.63, 3.8) is 0 Å². The molecule has 0 radical (unpaired) electrons. The van der Waals surface area contributed by atoms with Gasteiger partial charge >= 0.3 is 0 Å². The van der Waals surface area contributed by atoms with E-state index in [1.54, 1.807) is 25.1 Å². The highest BCUT2D eigenvalue weighted by atomic mass is 35.5. The molecule has 2 aromatic carbocycles. The minimum absolute atomic E-state index is 0.0463. The van der Waals surface area contributed by atoms with Crippen LogP contribution in [-0.4, -0.2) is 17.5 Å². The Bertz CT molecular complexity index is 861. The maximum absolute atomic E-state index is 12.0. The number of carbonyl (C=O) groups is 2. The number of hydrogen-bond acceptors (Lipinski definition) is 3. The van der Waals surface area contributed by atoms with Gasteiger partial charge in [0, 0.05) is 23.6 Å². The summed E-state index contributed by atoms with van der Waals surface area (Å²) >= 11 is 6.02. The van der Waals surface area contributed by atoms with E-state index in [0.29, 0.717) is 16.4 Å². The minimum atomic E-state index is -0.319. The van der Waals surface area contributed by atoms with Crippen LogP contribution >= 0.6 is 11.6 Å². The molecule has 0 heterocycles. The summed E-state index contributed by atoms with van der Waals surface area (Å²) in [6, 6.07) is 15.1. The van der Waals surface area contributed by atoms with Gasteiger partial charge < -0.3 is 5.32 Å². The van der Waals surface area contributed by atoms with Crippen LogP contribution in [0.2, 0.25) is 5.02 Å². The fourth-order valence-corrected chi connectivity index (χ4v) is 2.38. The fourth-order valence-electron chi connectivity index (χ4n) is 2.21. The molecule has 0 unspecified atom stereocenters. The fraction of sp³-hybridized carbons (Fsp3) is 0.190. The number of hydrazone groups is 1. The van der Waals surface area contributed by atoms with Crippen LogP contribution in [0.4, 0.5) is 5.69 Å². The average molecular weight is 384 g/mol. The molecule has 0 atom stereocenters. The first-order valence-electron chi connectivity index (χ1n) is 8.57. The highest BCUT2D eigenvalue weighted by Gasteiger charge is 2.09. The zero-order valence-corrected chi connectivity index (χ0v) is 16.1. The Morgan fingerprint density at radius 3 is 2.48 bits per heavy atom. The second-order valence-electron chi connectivity index (χ2n) is 5.99. The van der Waals surface area contributed by atoms with Gasteiger partial charge in [0.05, 0.1) is 5.71 Å². The van der Waals surface area contributed by atoms with E-state index >= 15 is 0 Å². The van der Waals surface area contributed by atoms with Gasteiger partial charge in [-0.25, -0.2) is 5.43 Å². The van der Waals surface area contributed by atoms with E-state index in [9.17, 15) is 9.59 Å². The summed E-state index contributed by atoms with van der Waals surface area (Å²) in [6.07, 6.45) is 3.83. The molecule has 2 amide bonds. The average Bonchev–Trinajstić information content (AvgIpc) is 2.67. The summed E-state index contributed by atoms with van der Waals surface area (Å²) in [7, 11) is 0. The van der Waals surface area contributed by atoms with Crippen molar-refractivity contribution >= 4 is 40.9 Å². The van der Waals surface area contributed by atoms with Gasteiger partial charge in [-0.15, -0.1) is 0 Å². The molecule has 0 aliphatic carbocycles. The SMILES string of the molecule is CC(/C=C\c1ccccc1)=N\NC(=O)CCC(=O)Nc1cccc(Cl)c1C. The van der Waals surface area contributed by atoms with Gasteiger partial charge in [-0.05, 0) is 43.2 Å². The molecule has 0 saturated heterocycles. The Morgan fingerprint density at radius 1 is 1.04 bits per heavy atom. The number of nitrogens with one attached hydrogen (secondary N) is 2. The Labute approximate surface area is 164 Å². The van der Waals surface area contributed by atoms with Crippen LogP contribution in [0.15, 0.2) is 59.7 Å². The molecule has 27 heavy (non-hydrogen) atoms. The molecule has 0 saturated carbocycles. The predicted molar refractivity (Wildman–Crippen MR) is 111 cm³/mol. The van der Waals surface area contributed by atoms with Crippen molar-refractivity contribution in [3.8, 4) is 0 Å². The number of carbonyl (C=O) groups excluding carboxylic acids is 2. The molecule has 2 N–H and O–H groups in total. The normalized spacial score (nSPS) is 11.4. The highest BCUT2D eigenvalue weighted by molar-refractivity contribution is 6.31. The van der Waals surface area contributed by atoms with Crippen molar-refractivity contribution in [1.29, 1.82) is 0 Å². The van der Waals surface area contributed by atoms with Crippen molar-refractivity contribution in [1.82, 2.24) is 5.43 Å². The van der Waals surface area contributed by atoms with Gasteiger partial charge in [-0.3, -0.25) is 9.59 Å². The summed E-state index contributed by atoms with van der Waals surface area (Å²) in [5.74, 6) is -0.569. The van der Waals surface area contributed by atoms with Crippen LogP contribution in [0.1, 0.15) is 30.9 Å². The van der Waals surface area contributed by atoms with E-state index in [4.69, 9.17) is 11.6 Å². The van der Waals surface area contributed by atoms with Crippen LogP contribution < -0.4 is 10.7 Å². The van der Waals surface area contributed by atoms with Gasteiger partial charge in [0.1, 0.15) is 0 Å². The van der Waals surface area contributed by atoms with E-state index in [2.05, 4.69) is 15.8 Å². The monoisotopic (exact) mass is 383 g/mol. The maximum Gasteiger partial charge on any atom is 0.240 e. The predicted octanol–water partition coefficient (Wildman–Crippen LogP) is 4.57. The summed E-state index contributed by atoms with van der Waals surface area (Å²) in [6.45, 7) is 3.61. The van der Waals surface area contributed by atoms with Crippen LogP contribution in [-0.2, 0) is 9.59 Å². The Hall–Kier alpha value is -2.92. The van der Waals surface area contributed by atoms with Crippen LogP contribution in [0.25, 0.3) is 6.08 Å². The standard InChI is InChI=1S/C21H22ClN3O2/c1-15(11-12-17-7-4-3-5-8-17)24-25-21(27)14-13-20(26)23-19-10-6-9-18(22)16(19)2/h3-12H,13-14H2,1-2H3,(H,23,26)(H,25,27)/b12-11-,24-15+. The second-order valence-corrected chi connectivity index (χ2v) is 6.40. The number of nitrogens with zero attached hydrogens (tertiary/aromatic N) is 1. The molecule has 5 nitrogen and oxygen atoms in total. The topological polar surface area (TPSA) is 70.6 Å². The molecule has 2 aromatic rings. The molecule has 0 aliphatic heterocycles. The number of amides is 2. The first kappa shape index (κ1) is 20.4. The number of hydrogen-bond donors (Lipinski definition) is 2.